The summed E-state index contributed by atoms with van der Waals surface area (Å²) < 4.78 is 25.1. The number of hydrogen-bond acceptors (Lipinski definition) is 5. The number of sulfonamides is 1. The van der Waals surface area contributed by atoms with Crippen LogP contribution in [0, 0.1) is 0 Å². The molecule has 0 amide bonds. The molecule has 1 aromatic carbocycles. The Hall–Kier alpha value is -1.31. The van der Waals surface area contributed by atoms with Gasteiger partial charge in [-0.2, -0.15) is 0 Å². The van der Waals surface area contributed by atoms with Gasteiger partial charge in [-0.3, -0.25) is 0 Å². The van der Waals surface area contributed by atoms with E-state index >= 15 is 0 Å². The van der Waals surface area contributed by atoms with Gasteiger partial charge in [-0.05, 0) is 18.2 Å². The lowest BCUT2D eigenvalue weighted by Crippen LogP contribution is -2.26. The molecule has 0 saturated carbocycles. The minimum atomic E-state index is -3.66. The molecular weight excluding hydrogens is 220 g/mol. The number of nitrogen functional groups attached to an aromatic ring is 1. The molecule has 84 valence electrons. The maximum Gasteiger partial charge on any atom is 0.240 e. The molecule has 1 aromatic rings. The number of nitrogens with one attached hydrogen (secondary N) is 1. The monoisotopic (exact) mass is 232 g/mol. The summed E-state index contributed by atoms with van der Waals surface area (Å²) in [6, 6.07) is 3.57. The van der Waals surface area contributed by atoms with Gasteiger partial charge >= 0.3 is 0 Å². The van der Waals surface area contributed by atoms with Crippen LogP contribution in [-0.2, 0) is 10.0 Å². The molecule has 0 heterocycles. The number of anilines is 1. The van der Waals surface area contributed by atoms with Crippen molar-refractivity contribution in [3.63, 3.8) is 0 Å². The summed E-state index contributed by atoms with van der Waals surface area (Å²) in [6.07, 6.45) is 0. The Bertz CT molecular complexity index is 444. The molecule has 0 aromatic heterocycles. The zero-order valence-electron chi connectivity index (χ0n) is 7.84. The first-order chi connectivity index (χ1) is 6.97. The van der Waals surface area contributed by atoms with Crippen molar-refractivity contribution in [3.8, 4) is 5.75 Å². The molecule has 0 spiro atoms. The zero-order chi connectivity index (χ0) is 11.5. The minimum Gasteiger partial charge on any atom is -0.506 e. The van der Waals surface area contributed by atoms with E-state index < -0.39 is 10.0 Å². The molecule has 0 saturated heterocycles. The van der Waals surface area contributed by atoms with E-state index in [9.17, 15) is 8.42 Å². The van der Waals surface area contributed by atoms with Gasteiger partial charge in [-0.1, -0.05) is 0 Å². The van der Waals surface area contributed by atoms with Crippen LogP contribution in [0.15, 0.2) is 23.1 Å². The Balaban J connectivity index is 3.00. The van der Waals surface area contributed by atoms with Crippen LogP contribution < -0.4 is 10.5 Å². The number of phenolic OH excluding ortho intramolecular Hbond substituents is 1. The first-order valence-electron chi connectivity index (χ1n) is 4.16. The van der Waals surface area contributed by atoms with Crippen LogP contribution in [-0.4, -0.2) is 31.8 Å². The molecule has 0 aliphatic rings. The maximum absolute atomic E-state index is 11.5. The molecule has 15 heavy (non-hydrogen) atoms. The van der Waals surface area contributed by atoms with E-state index in [2.05, 4.69) is 4.72 Å². The molecule has 0 aliphatic carbocycles. The molecule has 5 N–H and O–H groups in total. The van der Waals surface area contributed by atoms with Crippen molar-refractivity contribution in [1.82, 2.24) is 4.72 Å². The highest BCUT2D eigenvalue weighted by Gasteiger charge is 2.14. The Morgan fingerprint density at radius 3 is 2.60 bits per heavy atom. The van der Waals surface area contributed by atoms with Gasteiger partial charge in [0.2, 0.25) is 10.0 Å². The summed E-state index contributed by atoms with van der Waals surface area (Å²) in [5.74, 6) is -0.170. The number of aromatic hydroxyl groups is 1. The highest BCUT2D eigenvalue weighted by atomic mass is 32.2. The summed E-state index contributed by atoms with van der Waals surface area (Å²) in [5.41, 5.74) is 5.34. The van der Waals surface area contributed by atoms with Crippen LogP contribution in [0.2, 0.25) is 0 Å². The summed E-state index contributed by atoms with van der Waals surface area (Å²) in [7, 11) is -3.66. The van der Waals surface area contributed by atoms with Crippen LogP contribution in [0.5, 0.6) is 5.75 Å². The van der Waals surface area contributed by atoms with Crippen molar-refractivity contribution in [2.75, 3.05) is 18.9 Å². The first-order valence-corrected chi connectivity index (χ1v) is 5.64. The molecular formula is C8H12N2O4S. The second kappa shape index (κ2) is 4.47. The van der Waals surface area contributed by atoms with Crippen LogP contribution in [0.25, 0.3) is 0 Å². The van der Waals surface area contributed by atoms with Crippen molar-refractivity contribution in [2.45, 2.75) is 4.90 Å². The minimum absolute atomic E-state index is 0.0122. The van der Waals surface area contributed by atoms with Crippen LogP contribution >= 0.6 is 0 Å². The van der Waals surface area contributed by atoms with Gasteiger partial charge < -0.3 is 15.9 Å². The van der Waals surface area contributed by atoms with Gasteiger partial charge in [0.05, 0.1) is 17.2 Å². The highest BCUT2D eigenvalue weighted by molar-refractivity contribution is 7.89. The summed E-state index contributed by atoms with van der Waals surface area (Å²) >= 11 is 0. The van der Waals surface area contributed by atoms with E-state index in [0.29, 0.717) is 0 Å². The van der Waals surface area contributed by atoms with E-state index in [1.54, 1.807) is 0 Å². The highest BCUT2D eigenvalue weighted by Crippen LogP contribution is 2.22. The van der Waals surface area contributed by atoms with E-state index in [-0.39, 0.29) is 29.5 Å². The average molecular weight is 232 g/mol. The SMILES string of the molecule is Nc1cc(S(=O)(=O)NCCO)ccc1O. The standard InChI is InChI=1S/C8H12N2O4S/c9-7-5-6(1-2-8(7)12)15(13,14)10-3-4-11/h1-2,5,10-12H,3-4,9H2. The van der Waals surface area contributed by atoms with Crippen molar-refractivity contribution in [1.29, 1.82) is 0 Å². The number of aliphatic hydroxyl groups is 1. The summed E-state index contributed by atoms with van der Waals surface area (Å²) in [6.45, 7) is -0.351. The van der Waals surface area contributed by atoms with E-state index in [4.69, 9.17) is 15.9 Å². The topological polar surface area (TPSA) is 113 Å². The van der Waals surface area contributed by atoms with Gasteiger partial charge in [0.15, 0.2) is 0 Å². The smallest absolute Gasteiger partial charge is 0.240 e. The predicted molar refractivity (Wildman–Crippen MR) is 54.8 cm³/mol. The second-order valence-corrected chi connectivity index (χ2v) is 4.61. The van der Waals surface area contributed by atoms with E-state index in [0.717, 1.165) is 6.07 Å². The van der Waals surface area contributed by atoms with Crippen molar-refractivity contribution >= 4 is 15.7 Å². The molecule has 1 rings (SSSR count). The van der Waals surface area contributed by atoms with Crippen molar-refractivity contribution in [3.05, 3.63) is 18.2 Å². The lowest BCUT2D eigenvalue weighted by molar-refractivity contribution is 0.301. The quantitative estimate of drug-likeness (QED) is 0.403. The third-order valence-corrected chi connectivity index (χ3v) is 3.17. The molecule has 0 bridgehead atoms. The Morgan fingerprint density at radius 2 is 2.07 bits per heavy atom. The first kappa shape index (κ1) is 11.8. The Labute approximate surface area is 87.4 Å². The normalized spacial score (nSPS) is 11.5. The van der Waals surface area contributed by atoms with Crippen molar-refractivity contribution in [2.24, 2.45) is 0 Å². The molecule has 0 atom stereocenters. The second-order valence-electron chi connectivity index (χ2n) is 2.84. The molecule has 0 radical (unpaired) electrons. The summed E-state index contributed by atoms with van der Waals surface area (Å²) in [5, 5.41) is 17.6. The van der Waals surface area contributed by atoms with Gasteiger partial charge in [-0.15, -0.1) is 0 Å². The lowest BCUT2D eigenvalue weighted by atomic mass is 10.3. The van der Waals surface area contributed by atoms with Crippen molar-refractivity contribution < 1.29 is 18.6 Å². The number of benzene rings is 1. The van der Waals surface area contributed by atoms with Crippen LogP contribution in [0.3, 0.4) is 0 Å². The third kappa shape index (κ3) is 2.82. The predicted octanol–water partition coefficient (Wildman–Crippen LogP) is -0.755. The number of hydrogen-bond donors (Lipinski definition) is 4. The zero-order valence-corrected chi connectivity index (χ0v) is 8.66. The third-order valence-electron chi connectivity index (χ3n) is 1.71. The fourth-order valence-electron chi connectivity index (χ4n) is 0.963. The fraction of sp³-hybridized carbons (Fsp3) is 0.250. The van der Waals surface area contributed by atoms with Gasteiger partial charge in [0.1, 0.15) is 5.75 Å². The number of phenols is 1. The fourth-order valence-corrected chi connectivity index (χ4v) is 2.02. The number of aliphatic hydroxyl groups excluding tert-OH is 1. The van der Waals surface area contributed by atoms with Gasteiger partial charge in [0.25, 0.3) is 0 Å². The van der Waals surface area contributed by atoms with E-state index in [1.165, 1.54) is 12.1 Å². The molecule has 6 nitrogen and oxygen atoms in total. The van der Waals surface area contributed by atoms with E-state index in [1.807, 2.05) is 0 Å². The number of nitrogens with two attached hydrogens (primary N) is 1. The van der Waals surface area contributed by atoms with Crippen LogP contribution in [0.4, 0.5) is 5.69 Å². The average Bonchev–Trinajstić information content (AvgIpc) is 2.19. The summed E-state index contributed by atoms with van der Waals surface area (Å²) in [4.78, 5) is -0.0498. The lowest BCUT2D eigenvalue weighted by Gasteiger charge is -2.06. The molecule has 0 unspecified atom stereocenters. The molecule has 0 aliphatic heterocycles. The Morgan fingerprint density at radius 1 is 1.40 bits per heavy atom. The molecule has 0 fully saturated rings. The van der Waals surface area contributed by atoms with Crippen LogP contribution in [0.1, 0.15) is 0 Å². The molecule has 7 heteroatoms. The van der Waals surface area contributed by atoms with Gasteiger partial charge in [0, 0.05) is 6.54 Å². The largest absolute Gasteiger partial charge is 0.506 e. The number of rotatable bonds is 4. The van der Waals surface area contributed by atoms with Gasteiger partial charge in [-0.25, -0.2) is 13.1 Å². The maximum atomic E-state index is 11.5. The Kier molecular flexibility index (Phi) is 3.51.